The first-order chi connectivity index (χ1) is 9.05. The molecule has 0 fully saturated rings. The number of aryl methyl sites for hydroxylation is 1. The Balaban J connectivity index is 2.27. The van der Waals surface area contributed by atoms with E-state index in [1.165, 1.54) is 35.0 Å². The number of hydrogen-bond donors (Lipinski definition) is 1. The van der Waals surface area contributed by atoms with Crippen LogP contribution in [0.3, 0.4) is 0 Å². The van der Waals surface area contributed by atoms with Gasteiger partial charge in [-0.25, -0.2) is 0 Å². The normalized spacial score (nSPS) is 17.7. The molecule has 0 atom stereocenters. The SMILES string of the molecule is CCn1c2c(c3cc(CO)ccc31)CC(C)(C)CC2. The van der Waals surface area contributed by atoms with E-state index in [-0.39, 0.29) is 6.61 Å². The summed E-state index contributed by atoms with van der Waals surface area (Å²) < 4.78 is 2.46. The number of aliphatic hydroxyl groups excluding tert-OH is 1. The second kappa shape index (κ2) is 4.38. The molecule has 0 bridgehead atoms. The van der Waals surface area contributed by atoms with Crippen molar-refractivity contribution in [3.8, 4) is 0 Å². The van der Waals surface area contributed by atoms with Crippen molar-refractivity contribution >= 4 is 10.9 Å². The fraction of sp³-hybridized carbons (Fsp3) is 0.529. The van der Waals surface area contributed by atoms with Crippen LogP contribution in [0, 0.1) is 5.41 Å². The third-order valence-electron chi connectivity index (χ3n) is 4.54. The van der Waals surface area contributed by atoms with Gasteiger partial charge in [-0.2, -0.15) is 0 Å². The number of aromatic nitrogens is 1. The first-order valence-corrected chi connectivity index (χ1v) is 7.29. The second-order valence-electron chi connectivity index (χ2n) is 6.52. The number of nitrogens with zero attached hydrogens (tertiary/aromatic N) is 1. The molecule has 1 aromatic carbocycles. The monoisotopic (exact) mass is 257 g/mol. The molecular formula is C17H23NO. The van der Waals surface area contributed by atoms with E-state index in [2.05, 4.69) is 37.5 Å². The first kappa shape index (κ1) is 12.7. The summed E-state index contributed by atoms with van der Waals surface area (Å²) in [5, 5.41) is 10.7. The van der Waals surface area contributed by atoms with Crippen molar-refractivity contribution in [1.82, 2.24) is 4.57 Å². The van der Waals surface area contributed by atoms with Gasteiger partial charge in [0.15, 0.2) is 0 Å². The van der Waals surface area contributed by atoms with E-state index in [9.17, 15) is 5.11 Å². The maximum atomic E-state index is 9.36. The minimum absolute atomic E-state index is 0.130. The maximum Gasteiger partial charge on any atom is 0.0682 e. The largest absolute Gasteiger partial charge is 0.392 e. The van der Waals surface area contributed by atoms with Gasteiger partial charge in [0.25, 0.3) is 0 Å². The Hall–Kier alpha value is -1.28. The molecule has 0 saturated heterocycles. The van der Waals surface area contributed by atoms with Gasteiger partial charge in [0.2, 0.25) is 0 Å². The topological polar surface area (TPSA) is 25.2 Å². The summed E-state index contributed by atoms with van der Waals surface area (Å²) in [6.07, 6.45) is 3.60. The van der Waals surface area contributed by atoms with Crippen LogP contribution < -0.4 is 0 Å². The smallest absolute Gasteiger partial charge is 0.0682 e. The van der Waals surface area contributed by atoms with E-state index in [1.54, 1.807) is 0 Å². The molecule has 2 nitrogen and oxygen atoms in total. The fourth-order valence-corrected chi connectivity index (χ4v) is 3.49. The Bertz CT molecular complexity index is 622. The van der Waals surface area contributed by atoms with Gasteiger partial charge in [-0.15, -0.1) is 0 Å². The highest BCUT2D eigenvalue weighted by Crippen LogP contribution is 2.40. The second-order valence-corrected chi connectivity index (χ2v) is 6.52. The van der Waals surface area contributed by atoms with Gasteiger partial charge in [0.05, 0.1) is 6.61 Å². The van der Waals surface area contributed by atoms with Crippen LogP contribution in [-0.4, -0.2) is 9.67 Å². The minimum Gasteiger partial charge on any atom is -0.392 e. The fourth-order valence-electron chi connectivity index (χ4n) is 3.49. The number of fused-ring (bicyclic) bond motifs is 3. The zero-order valence-electron chi connectivity index (χ0n) is 12.2. The van der Waals surface area contributed by atoms with Crippen molar-refractivity contribution in [2.24, 2.45) is 5.41 Å². The van der Waals surface area contributed by atoms with Crippen LogP contribution >= 0.6 is 0 Å². The van der Waals surface area contributed by atoms with Crippen molar-refractivity contribution in [2.75, 3.05) is 0 Å². The van der Waals surface area contributed by atoms with Gasteiger partial charge in [-0.05, 0) is 54.9 Å². The molecule has 0 unspecified atom stereocenters. The van der Waals surface area contributed by atoms with Crippen LogP contribution in [0.4, 0.5) is 0 Å². The standard InChI is InChI=1S/C17H23NO/c1-4-18-15-6-5-12(11-19)9-13(15)14-10-17(2,3)8-7-16(14)18/h5-6,9,19H,4,7-8,10-11H2,1-3H3. The molecule has 2 aromatic rings. The van der Waals surface area contributed by atoms with Crippen LogP contribution in [0.5, 0.6) is 0 Å². The molecule has 0 radical (unpaired) electrons. The summed E-state index contributed by atoms with van der Waals surface area (Å²) in [4.78, 5) is 0. The van der Waals surface area contributed by atoms with Crippen LogP contribution in [0.2, 0.25) is 0 Å². The molecule has 0 amide bonds. The number of benzene rings is 1. The molecule has 1 aliphatic rings. The van der Waals surface area contributed by atoms with Crippen molar-refractivity contribution in [3.63, 3.8) is 0 Å². The third-order valence-corrected chi connectivity index (χ3v) is 4.54. The predicted molar refractivity (Wildman–Crippen MR) is 79.3 cm³/mol. The van der Waals surface area contributed by atoms with Gasteiger partial charge >= 0.3 is 0 Å². The Morgan fingerprint density at radius 2 is 2.11 bits per heavy atom. The summed E-state index contributed by atoms with van der Waals surface area (Å²) in [7, 11) is 0. The van der Waals surface area contributed by atoms with E-state index in [1.807, 2.05) is 6.07 Å². The lowest BCUT2D eigenvalue weighted by molar-refractivity contribution is 0.282. The summed E-state index contributed by atoms with van der Waals surface area (Å²) in [6.45, 7) is 8.11. The van der Waals surface area contributed by atoms with E-state index >= 15 is 0 Å². The van der Waals surface area contributed by atoms with Gasteiger partial charge in [0, 0.05) is 23.1 Å². The van der Waals surface area contributed by atoms with E-state index in [0.29, 0.717) is 5.41 Å². The molecule has 3 rings (SSSR count). The molecule has 102 valence electrons. The number of aliphatic hydroxyl groups is 1. The summed E-state index contributed by atoms with van der Waals surface area (Å²) in [6, 6.07) is 6.41. The van der Waals surface area contributed by atoms with Crippen molar-refractivity contribution < 1.29 is 5.11 Å². The Labute approximate surface area is 115 Å². The molecule has 1 aromatic heterocycles. The van der Waals surface area contributed by atoms with Crippen LogP contribution in [0.25, 0.3) is 10.9 Å². The maximum absolute atomic E-state index is 9.36. The average molecular weight is 257 g/mol. The van der Waals surface area contributed by atoms with Crippen molar-refractivity contribution in [3.05, 3.63) is 35.0 Å². The van der Waals surface area contributed by atoms with E-state index in [4.69, 9.17) is 0 Å². The van der Waals surface area contributed by atoms with Gasteiger partial charge < -0.3 is 9.67 Å². The summed E-state index contributed by atoms with van der Waals surface area (Å²) in [5.74, 6) is 0. The summed E-state index contributed by atoms with van der Waals surface area (Å²) in [5.41, 5.74) is 5.79. The summed E-state index contributed by atoms with van der Waals surface area (Å²) >= 11 is 0. The minimum atomic E-state index is 0.130. The molecule has 0 spiro atoms. The van der Waals surface area contributed by atoms with Crippen molar-refractivity contribution in [1.29, 1.82) is 0 Å². The van der Waals surface area contributed by atoms with E-state index in [0.717, 1.165) is 18.5 Å². The quantitative estimate of drug-likeness (QED) is 0.872. The molecule has 1 N–H and O–H groups in total. The molecule has 0 saturated carbocycles. The predicted octanol–water partition coefficient (Wildman–Crippen LogP) is 3.67. The molecule has 2 heteroatoms. The first-order valence-electron chi connectivity index (χ1n) is 7.29. The Kier molecular flexibility index (Phi) is 2.94. The lowest BCUT2D eigenvalue weighted by Gasteiger charge is -2.30. The molecule has 19 heavy (non-hydrogen) atoms. The lowest BCUT2D eigenvalue weighted by atomic mass is 9.76. The average Bonchev–Trinajstić information content (AvgIpc) is 2.69. The van der Waals surface area contributed by atoms with E-state index < -0.39 is 0 Å². The van der Waals surface area contributed by atoms with Gasteiger partial charge in [-0.3, -0.25) is 0 Å². The molecular weight excluding hydrogens is 234 g/mol. The lowest BCUT2D eigenvalue weighted by Crippen LogP contribution is -2.22. The van der Waals surface area contributed by atoms with Crippen LogP contribution in [-0.2, 0) is 26.0 Å². The molecule has 1 heterocycles. The highest BCUT2D eigenvalue weighted by atomic mass is 16.3. The number of hydrogen-bond acceptors (Lipinski definition) is 1. The molecule has 1 aliphatic carbocycles. The van der Waals surface area contributed by atoms with Crippen molar-refractivity contribution in [2.45, 2.75) is 53.2 Å². The van der Waals surface area contributed by atoms with Gasteiger partial charge in [0.1, 0.15) is 0 Å². The zero-order valence-corrected chi connectivity index (χ0v) is 12.2. The highest BCUT2D eigenvalue weighted by Gasteiger charge is 2.29. The van der Waals surface area contributed by atoms with Crippen LogP contribution in [0.1, 0.15) is 44.0 Å². The Morgan fingerprint density at radius 1 is 1.32 bits per heavy atom. The number of rotatable bonds is 2. The highest BCUT2D eigenvalue weighted by molar-refractivity contribution is 5.86. The van der Waals surface area contributed by atoms with Gasteiger partial charge in [-0.1, -0.05) is 19.9 Å². The Morgan fingerprint density at radius 3 is 2.79 bits per heavy atom. The molecule has 0 aliphatic heterocycles. The third kappa shape index (κ3) is 1.99. The zero-order chi connectivity index (χ0) is 13.6. The van der Waals surface area contributed by atoms with Crippen LogP contribution in [0.15, 0.2) is 18.2 Å².